The molecule has 35 heavy (non-hydrogen) atoms. The van der Waals surface area contributed by atoms with Crippen LogP contribution < -0.4 is 5.32 Å². The largest absolute Gasteiger partial charge is 0.459 e. The van der Waals surface area contributed by atoms with Gasteiger partial charge in [-0.1, -0.05) is 49.4 Å². The number of hydrogen-bond donors (Lipinski definition) is 1. The number of carbonyl (C=O) groups excluding carboxylic acids is 2. The van der Waals surface area contributed by atoms with Crippen LogP contribution in [0.1, 0.15) is 56.8 Å². The van der Waals surface area contributed by atoms with Crippen molar-refractivity contribution in [1.29, 1.82) is 0 Å². The fraction of sp³-hybridized carbons (Fsp3) is 0.480. The molecule has 10 heteroatoms. The number of ether oxygens (including phenoxy) is 1. The minimum absolute atomic E-state index is 0.0615. The molecule has 1 atom stereocenters. The maximum Gasteiger partial charge on any atom is 0.434 e. The number of amides is 1. The summed E-state index contributed by atoms with van der Waals surface area (Å²) in [5.41, 5.74) is 0.666. The molecule has 0 aliphatic carbocycles. The van der Waals surface area contributed by atoms with Gasteiger partial charge in [0.1, 0.15) is 0 Å². The van der Waals surface area contributed by atoms with E-state index in [9.17, 15) is 22.8 Å². The van der Waals surface area contributed by atoms with Gasteiger partial charge >= 0.3 is 12.1 Å². The summed E-state index contributed by atoms with van der Waals surface area (Å²) in [6, 6.07) is 4.27. The van der Waals surface area contributed by atoms with Gasteiger partial charge in [-0.05, 0) is 50.1 Å². The summed E-state index contributed by atoms with van der Waals surface area (Å²) >= 11 is 1.00. The van der Waals surface area contributed by atoms with Crippen molar-refractivity contribution >= 4 is 28.8 Å². The number of benzene rings is 1. The summed E-state index contributed by atoms with van der Waals surface area (Å²) in [5, 5.41) is 4.52. The molecule has 1 aromatic carbocycles. The number of nitrogens with zero attached hydrogens (tertiary/aromatic N) is 2. The molecule has 0 bridgehead atoms. The average molecular weight is 510 g/mol. The van der Waals surface area contributed by atoms with E-state index in [2.05, 4.69) is 10.3 Å². The Balaban J connectivity index is 2.17. The number of fused-ring (bicyclic) bond motifs is 1. The van der Waals surface area contributed by atoms with E-state index in [1.807, 2.05) is 26.8 Å². The van der Waals surface area contributed by atoms with Crippen molar-refractivity contribution in [2.75, 3.05) is 6.54 Å². The number of esters is 1. The molecule has 1 aromatic rings. The standard InChI is InChI=1S/C25H30F3N3O3S/c1-13(2)11-29-19(32)10-17-12-35-24-30-22(25(26,27)28)20(23(33)34-14(3)4)21(31(17)24)18-9-15(5)7-8-16(18)6/h7-9,12-14,21H,10-11H2,1-6H3,(H,29,32). The normalized spacial score (nSPS) is 18.0. The van der Waals surface area contributed by atoms with Gasteiger partial charge in [-0.2, -0.15) is 13.2 Å². The van der Waals surface area contributed by atoms with Crippen molar-refractivity contribution in [2.24, 2.45) is 10.9 Å². The lowest BCUT2D eigenvalue weighted by Crippen LogP contribution is -2.40. The lowest BCUT2D eigenvalue weighted by atomic mass is 9.89. The van der Waals surface area contributed by atoms with E-state index in [1.165, 1.54) is 0 Å². The van der Waals surface area contributed by atoms with Crippen molar-refractivity contribution in [3.05, 3.63) is 57.3 Å². The van der Waals surface area contributed by atoms with Gasteiger partial charge in [-0.25, -0.2) is 9.79 Å². The fourth-order valence-corrected chi connectivity index (χ4v) is 4.77. The smallest absolute Gasteiger partial charge is 0.434 e. The van der Waals surface area contributed by atoms with Crippen LogP contribution in [0.15, 0.2) is 45.6 Å². The van der Waals surface area contributed by atoms with Crippen LogP contribution in [0, 0.1) is 19.8 Å². The van der Waals surface area contributed by atoms with E-state index in [4.69, 9.17) is 4.74 Å². The van der Waals surface area contributed by atoms with Gasteiger partial charge < -0.3 is 15.0 Å². The van der Waals surface area contributed by atoms with E-state index in [-0.39, 0.29) is 23.4 Å². The molecule has 0 fully saturated rings. The summed E-state index contributed by atoms with van der Waals surface area (Å²) in [4.78, 5) is 31.2. The first-order valence-electron chi connectivity index (χ1n) is 11.4. The second-order valence-electron chi connectivity index (χ2n) is 9.34. The van der Waals surface area contributed by atoms with Crippen molar-refractivity contribution in [3.8, 4) is 0 Å². The van der Waals surface area contributed by atoms with Crippen LogP contribution in [0.25, 0.3) is 0 Å². The van der Waals surface area contributed by atoms with Gasteiger partial charge in [0, 0.05) is 12.2 Å². The van der Waals surface area contributed by atoms with Crippen LogP contribution in [0.5, 0.6) is 0 Å². The number of alkyl halides is 3. The van der Waals surface area contributed by atoms with Crippen LogP contribution in [-0.2, 0) is 14.3 Å². The Morgan fingerprint density at radius 2 is 1.89 bits per heavy atom. The number of amidine groups is 1. The average Bonchev–Trinajstić information content (AvgIpc) is 3.14. The first-order valence-corrected chi connectivity index (χ1v) is 12.3. The molecule has 0 saturated carbocycles. The van der Waals surface area contributed by atoms with Crippen molar-refractivity contribution in [1.82, 2.24) is 10.2 Å². The number of rotatable bonds is 7. The highest BCUT2D eigenvalue weighted by molar-refractivity contribution is 8.16. The van der Waals surface area contributed by atoms with Crippen molar-refractivity contribution in [3.63, 3.8) is 0 Å². The third-order valence-corrected chi connectivity index (χ3v) is 6.31. The molecule has 190 valence electrons. The highest BCUT2D eigenvalue weighted by Gasteiger charge is 2.49. The summed E-state index contributed by atoms with van der Waals surface area (Å²) < 4.78 is 47.9. The minimum Gasteiger partial charge on any atom is -0.459 e. The lowest BCUT2D eigenvalue weighted by molar-refractivity contribution is -0.145. The second kappa shape index (κ2) is 10.5. The molecule has 0 radical (unpaired) electrons. The Kier molecular flexibility index (Phi) is 8.03. The quantitative estimate of drug-likeness (QED) is 0.489. The first-order chi connectivity index (χ1) is 16.3. The monoisotopic (exact) mass is 509 g/mol. The zero-order valence-electron chi connectivity index (χ0n) is 20.6. The zero-order valence-corrected chi connectivity index (χ0v) is 21.4. The van der Waals surface area contributed by atoms with Crippen LogP contribution in [0.4, 0.5) is 13.2 Å². The topological polar surface area (TPSA) is 71.0 Å². The molecule has 2 aliphatic heterocycles. The summed E-state index contributed by atoms with van der Waals surface area (Å²) in [5.74, 6) is -1.10. The van der Waals surface area contributed by atoms with Crippen molar-refractivity contribution < 1.29 is 27.5 Å². The molecule has 1 unspecified atom stereocenters. The van der Waals surface area contributed by atoms with E-state index in [1.54, 1.807) is 43.2 Å². The summed E-state index contributed by atoms with van der Waals surface area (Å²) in [7, 11) is 0. The Labute approximate surface area is 207 Å². The predicted octanol–water partition coefficient (Wildman–Crippen LogP) is 5.53. The Bertz CT molecular complexity index is 1110. The van der Waals surface area contributed by atoms with Crippen LogP contribution in [0.2, 0.25) is 0 Å². The third kappa shape index (κ3) is 6.09. The first kappa shape index (κ1) is 26.8. The molecule has 6 nitrogen and oxygen atoms in total. The molecular formula is C25H30F3N3O3S. The molecule has 0 spiro atoms. The fourth-order valence-electron chi connectivity index (χ4n) is 3.85. The van der Waals surface area contributed by atoms with Gasteiger partial charge in [0.2, 0.25) is 5.91 Å². The Hall–Kier alpha value is -2.75. The Morgan fingerprint density at radius 1 is 1.20 bits per heavy atom. The van der Waals surface area contributed by atoms with Crippen LogP contribution in [0.3, 0.4) is 0 Å². The maximum atomic E-state index is 14.2. The van der Waals surface area contributed by atoms with Crippen LogP contribution in [-0.4, -0.2) is 40.8 Å². The number of hydrogen-bond acceptors (Lipinski definition) is 6. The molecule has 3 rings (SSSR count). The van der Waals surface area contributed by atoms with Crippen molar-refractivity contribution in [2.45, 2.75) is 66.3 Å². The van der Waals surface area contributed by atoms with E-state index < -0.39 is 35.6 Å². The summed E-state index contributed by atoms with van der Waals surface area (Å²) in [6.07, 6.45) is -5.56. The van der Waals surface area contributed by atoms with Crippen LogP contribution >= 0.6 is 11.8 Å². The zero-order chi connectivity index (χ0) is 26.1. The lowest BCUT2D eigenvalue weighted by Gasteiger charge is -2.38. The molecule has 2 aliphatic rings. The highest BCUT2D eigenvalue weighted by Crippen LogP contribution is 2.48. The number of nitrogens with one attached hydrogen (secondary N) is 1. The predicted molar refractivity (Wildman–Crippen MR) is 130 cm³/mol. The molecule has 1 N–H and O–H groups in total. The van der Waals surface area contributed by atoms with Gasteiger partial charge in [0.15, 0.2) is 10.9 Å². The van der Waals surface area contributed by atoms with Gasteiger partial charge in [-0.15, -0.1) is 0 Å². The molecular weight excluding hydrogens is 479 g/mol. The number of aliphatic imine (C=N–C) groups is 1. The Morgan fingerprint density at radius 3 is 2.49 bits per heavy atom. The molecule has 2 heterocycles. The van der Waals surface area contributed by atoms with Gasteiger partial charge in [0.25, 0.3) is 0 Å². The van der Waals surface area contributed by atoms with E-state index in [0.29, 0.717) is 23.4 Å². The SMILES string of the molecule is Cc1ccc(C)c(C2C(C(=O)OC(C)C)=C(C(F)(F)F)N=C3SC=C(CC(=O)NCC(C)C)N32)c1. The van der Waals surface area contributed by atoms with Gasteiger partial charge in [0.05, 0.1) is 24.1 Å². The number of allylic oxidation sites excluding steroid dienone is 1. The van der Waals surface area contributed by atoms with E-state index in [0.717, 1.165) is 17.3 Å². The summed E-state index contributed by atoms with van der Waals surface area (Å²) in [6.45, 7) is 11.2. The highest BCUT2D eigenvalue weighted by atomic mass is 32.2. The number of halogens is 3. The third-order valence-electron chi connectivity index (χ3n) is 5.42. The number of carbonyl (C=O) groups is 2. The maximum absolute atomic E-state index is 14.2. The molecule has 0 aromatic heterocycles. The second-order valence-corrected chi connectivity index (χ2v) is 10.2. The molecule has 1 amide bonds. The van der Waals surface area contributed by atoms with E-state index >= 15 is 0 Å². The number of aryl methyl sites for hydroxylation is 2. The molecule has 0 saturated heterocycles. The number of thioether (sulfide) groups is 1. The van der Waals surface area contributed by atoms with Gasteiger partial charge in [-0.3, -0.25) is 4.79 Å². The minimum atomic E-state index is -4.88.